The van der Waals surface area contributed by atoms with Gasteiger partial charge in [-0.3, -0.25) is 9.69 Å². The molecule has 2 N–H and O–H groups in total. The molecular weight excluding hydrogens is 350 g/mol. The number of rotatable bonds is 6. The molecule has 1 aliphatic heterocycles. The Morgan fingerprint density at radius 1 is 1.11 bits per heavy atom. The highest BCUT2D eigenvalue weighted by molar-refractivity contribution is 5.92. The number of ether oxygens (including phenoxy) is 1. The molecule has 2 aliphatic rings. The molecule has 1 aliphatic carbocycles. The zero-order valence-electron chi connectivity index (χ0n) is 17.8. The van der Waals surface area contributed by atoms with E-state index in [9.17, 15) is 4.79 Å². The van der Waals surface area contributed by atoms with Crippen LogP contribution in [0, 0.1) is 11.3 Å². The van der Waals surface area contributed by atoms with Crippen LogP contribution in [-0.2, 0) is 16.1 Å². The van der Waals surface area contributed by atoms with Crippen molar-refractivity contribution in [2.75, 3.05) is 38.2 Å². The van der Waals surface area contributed by atoms with E-state index in [1.54, 1.807) is 0 Å². The summed E-state index contributed by atoms with van der Waals surface area (Å²) < 4.78 is 5.40. The van der Waals surface area contributed by atoms with Crippen molar-refractivity contribution in [1.29, 1.82) is 0 Å². The smallest absolute Gasteiger partial charge is 0.238 e. The molecule has 1 amide bonds. The number of nitrogens with zero attached hydrogens (tertiary/aromatic N) is 1. The second-order valence-corrected chi connectivity index (χ2v) is 9.38. The van der Waals surface area contributed by atoms with Crippen LogP contribution in [0.4, 0.5) is 5.69 Å². The number of carbonyl (C=O) groups is 1. The number of benzene rings is 1. The molecule has 3 rings (SSSR count). The Hall–Kier alpha value is -1.43. The van der Waals surface area contributed by atoms with Gasteiger partial charge in [-0.25, -0.2) is 0 Å². The molecule has 2 fully saturated rings. The SMILES string of the molecule is CC(C)(C)C1CCCCC1NCC(=O)Nc1ccc(CN2CCOCC2)cc1. The number of hydrogen-bond acceptors (Lipinski definition) is 4. The first kappa shape index (κ1) is 21.3. The maximum absolute atomic E-state index is 12.4. The van der Waals surface area contributed by atoms with Crippen LogP contribution in [-0.4, -0.2) is 49.7 Å². The lowest BCUT2D eigenvalue weighted by molar-refractivity contribution is -0.115. The maximum atomic E-state index is 12.4. The van der Waals surface area contributed by atoms with Gasteiger partial charge < -0.3 is 15.4 Å². The number of amides is 1. The first-order chi connectivity index (χ1) is 13.4. The predicted molar refractivity (Wildman–Crippen MR) is 114 cm³/mol. The summed E-state index contributed by atoms with van der Waals surface area (Å²) >= 11 is 0. The van der Waals surface area contributed by atoms with Crippen LogP contribution in [0.3, 0.4) is 0 Å². The van der Waals surface area contributed by atoms with E-state index in [4.69, 9.17) is 4.74 Å². The Balaban J connectivity index is 1.45. The minimum atomic E-state index is 0.0409. The van der Waals surface area contributed by atoms with E-state index in [1.807, 2.05) is 12.1 Å². The van der Waals surface area contributed by atoms with Crippen LogP contribution in [0.15, 0.2) is 24.3 Å². The fourth-order valence-electron chi connectivity index (χ4n) is 4.55. The van der Waals surface area contributed by atoms with Crippen LogP contribution in [0.1, 0.15) is 52.0 Å². The summed E-state index contributed by atoms with van der Waals surface area (Å²) in [4.78, 5) is 14.8. The summed E-state index contributed by atoms with van der Waals surface area (Å²) in [6, 6.07) is 8.67. The van der Waals surface area contributed by atoms with Gasteiger partial charge >= 0.3 is 0 Å². The Kier molecular flexibility index (Phi) is 7.49. The zero-order chi connectivity index (χ0) is 20.0. The minimum absolute atomic E-state index is 0.0409. The lowest BCUT2D eigenvalue weighted by Gasteiger charge is -2.40. The third-order valence-corrected chi connectivity index (χ3v) is 6.15. The second-order valence-electron chi connectivity index (χ2n) is 9.38. The van der Waals surface area contributed by atoms with E-state index in [0.717, 1.165) is 38.5 Å². The van der Waals surface area contributed by atoms with Crippen LogP contribution < -0.4 is 10.6 Å². The number of carbonyl (C=O) groups excluding carboxylic acids is 1. The third kappa shape index (κ3) is 6.29. The van der Waals surface area contributed by atoms with Gasteiger partial charge in [0, 0.05) is 31.4 Å². The molecule has 2 unspecified atom stereocenters. The number of morpholine rings is 1. The Bertz CT molecular complexity index is 618. The lowest BCUT2D eigenvalue weighted by Crippen LogP contribution is -2.46. The number of hydrogen-bond donors (Lipinski definition) is 2. The van der Waals surface area contributed by atoms with E-state index < -0.39 is 0 Å². The quantitative estimate of drug-likeness (QED) is 0.782. The fraction of sp³-hybridized carbons (Fsp3) is 0.696. The van der Waals surface area contributed by atoms with Gasteiger partial charge in [0.05, 0.1) is 19.8 Å². The zero-order valence-corrected chi connectivity index (χ0v) is 17.8. The number of anilines is 1. The maximum Gasteiger partial charge on any atom is 0.238 e. The van der Waals surface area contributed by atoms with Crippen molar-refractivity contribution in [1.82, 2.24) is 10.2 Å². The van der Waals surface area contributed by atoms with Crippen molar-refractivity contribution >= 4 is 11.6 Å². The highest BCUT2D eigenvalue weighted by Gasteiger charge is 2.33. The summed E-state index contributed by atoms with van der Waals surface area (Å²) in [6.45, 7) is 11.9. The van der Waals surface area contributed by atoms with Gasteiger partial charge in [-0.05, 0) is 41.9 Å². The Morgan fingerprint density at radius 2 is 1.79 bits per heavy atom. The van der Waals surface area contributed by atoms with Gasteiger partial charge in [0.15, 0.2) is 0 Å². The van der Waals surface area contributed by atoms with E-state index >= 15 is 0 Å². The van der Waals surface area contributed by atoms with E-state index in [-0.39, 0.29) is 11.3 Å². The summed E-state index contributed by atoms with van der Waals surface area (Å²) in [5.41, 5.74) is 2.42. The average Bonchev–Trinajstić information content (AvgIpc) is 2.68. The van der Waals surface area contributed by atoms with Crippen molar-refractivity contribution in [3.63, 3.8) is 0 Å². The van der Waals surface area contributed by atoms with Gasteiger partial charge in [0.2, 0.25) is 5.91 Å². The molecule has 1 saturated heterocycles. The highest BCUT2D eigenvalue weighted by Crippen LogP contribution is 2.37. The molecule has 0 bridgehead atoms. The van der Waals surface area contributed by atoms with Crippen LogP contribution in [0.25, 0.3) is 0 Å². The summed E-state index contributed by atoms with van der Waals surface area (Å²) in [5.74, 6) is 0.674. The van der Waals surface area contributed by atoms with Gasteiger partial charge in [-0.1, -0.05) is 45.7 Å². The molecule has 1 aromatic carbocycles. The highest BCUT2D eigenvalue weighted by atomic mass is 16.5. The second kappa shape index (κ2) is 9.86. The Labute approximate surface area is 170 Å². The third-order valence-electron chi connectivity index (χ3n) is 6.15. The molecule has 1 aromatic rings. The molecule has 28 heavy (non-hydrogen) atoms. The first-order valence-corrected chi connectivity index (χ1v) is 10.8. The van der Waals surface area contributed by atoms with Gasteiger partial charge in [0.25, 0.3) is 0 Å². The molecule has 5 heteroatoms. The molecule has 1 heterocycles. The van der Waals surface area contributed by atoms with E-state index in [1.165, 1.54) is 31.2 Å². The summed E-state index contributed by atoms with van der Waals surface area (Å²) in [5, 5.41) is 6.56. The van der Waals surface area contributed by atoms with Crippen molar-refractivity contribution in [2.45, 2.75) is 59.0 Å². The summed E-state index contributed by atoms with van der Waals surface area (Å²) in [7, 11) is 0. The predicted octanol–water partition coefficient (Wildman–Crippen LogP) is 3.65. The molecule has 5 nitrogen and oxygen atoms in total. The van der Waals surface area contributed by atoms with Crippen molar-refractivity contribution in [3.8, 4) is 0 Å². The average molecular weight is 388 g/mol. The molecule has 156 valence electrons. The molecular formula is C23H37N3O2. The fourth-order valence-corrected chi connectivity index (χ4v) is 4.55. The largest absolute Gasteiger partial charge is 0.379 e. The van der Waals surface area contributed by atoms with Crippen LogP contribution in [0.5, 0.6) is 0 Å². The van der Waals surface area contributed by atoms with Crippen molar-refractivity contribution in [3.05, 3.63) is 29.8 Å². The standard InChI is InChI=1S/C23H37N3O2/c1-23(2,3)20-6-4-5-7-21(20)24-16-22(27)25-19-10-8-18(9-11-19)17-26-12-14-28-15-13-26/h8-11,20-21,24H,4-7,12-17H2,1-3H3,(H,25,27). The number of nitrogens with one attached hydrogen (secondary N) is 2. The molecule has 2 atom stereocenters. The Morgan fingerprint density at radius 3 is 2.46 bits per heavy atom. The van der Waals surface area contributed by atoms with Crippen molar-refractivity contribution in [2.24, 2.45) is 11.3 Å². The normalized spacial score (nSPS) is 24.1. The van der Waals surface area contributed by atoms with Gasteiger partial charge in [-0.2, -0.15) is 0 Å². The van der Waals surface area contributed by atoms with Crippen LogP contribution in [0.2, 0.25) is 0 Å². The molecule has 1 saturated carbocycles. The van der Waals surface area contributed by atoms with E-state index in [0.29, 0.717) is 18.5 Å². The van der Waals surface area contributed by atoms with Gasteiger partial charge in [0.1, 0.15) is 0 Å². The molecule has 0 radical (unpaired) electrons. The van der Waals surface area contributed by atoms with Crippen molar-refractivity contribution < 1.29 is 9.53 Å². The molecule has 0 aromatic heterocycles. The van der Waals surface area contributed by atoms with Crippen LogP contribution >= 0.6 is 0 Å². The monoisotopic (exact) mass is 387 g/mol. The first-order valence-electron chi connectivity index (χ1n) is 10.8. The topological polar surface area (TPSA) is 53.6 Å². The molecule has 0 spiro atoms. The lowest BCUT2D eigenvalue weighted by atomic mass is 9.69. The van der Waals surface area contributed by atoms with Gasteiger partial charge in [-0.15, -0.1) is 0 Å². The summed E-state index contributed by atoms with van der Waals surface area (Å²) in [6.07, 6.45) is 5.00. The minimum Gasteiger partial charge on any atom is -0.379 e. The van der Waals surface area contributed by atoms with E-state index in [2.05, 4.69) is 48.4 Å².